The van der Waals surface area contributed by atoms with Gasteiger partial charge in [-0.2, -0.15) is 26.3 Å². The van der Waals surface area contributed by atoms with Crippen LogP contribution >= 0.6 is 0 Å². The Bertz CT molecular complexity index is 1130. The Morgan fingerprint density at radius 2 is 1.68 bits per heavy atom. The number of rotatable bonds is 4. The maximum absolute atomic E-state index is 12.5. The average Bonchev–Trinajstić information content (AvgIpc) is 3.28. The van der Waals surface area contributed by atoms with Crippen molar-refractivity contribution in [3.8, 4) is 5.88 Å². The summed E-state index contributed by atoms with van der Waals surface area (Å²) in [7, 11) is 2.15. The van der Waals surface area contributed by atoms with Gasteiger partial charge in [0.15, 0.2) is 5.69 Å². The number of halogens is 6. The molecule has 4 rings (SSSR count). The van der Waals surface area contributed by atoms with Gasteiger partial charge in [-0.15, -0.1) is 0 Å². The Morgan fingerprint density at radius 1 is 1.10 bits per heavy atom. The van der Waals surface area contributed by atoms with E-state index in [1.807, 2.05) is 23.1 Å². The summed E-state index contributed by atoms with van der Waals surface area (Å²) in [5, 5.41) is 18.1. The molecule has 2 N–H and O–H groups in total. The molecule has 1 amide bonds. The van der Waals surface area contributed by atoms with E-state index in [0.29, 0.717) is 29.9 Å². The van der Waals surface area contributed by atoms with Crippen molar-refractivity contribution in [2.45, 2.75) is 37.7 Å². The number of ether oxygens (including phenoxy) is 1. The van der Waals surface area contributed by atoms with Crippen LogP contribution in [0.25, 0.3) is 0 Å². The number of amides is 1. The zero-order chi connectivity index (χ0) is 30.3. The van der Waals surface area contributed by atoms with Crippen LogP contribution in [0.2, 0.25) is 0 Å². The van der Waals surface area contributed by atoms with E-state index in [1.165, 1.54) is 0 Å². The van der Waals surface area contributed by atoms with E-state index in [0.717, 1.165) is 32.5 Å². The van der Waals surface area contributed by atoms with Crippen molar-refractivity contribution in [1.29, 1.82) is 0 Å². The van der Waals surface area contributed by atoms with Gasteiger partial charge in [0.2, 0.25) is 5.88 Å². The fraction of sp³-hybridized carbons (Fsp3) is 0.522. The summed E-state index contributed by atoms with van der Waals surface area (Å²) >= 11 is 0. The minimum Gasteiger partial charge on any atom is -0.477 e. The standard InChI is InChI=1S/C19H24N4O3.2C2HF3O2/c1-14-9-16(21-26-14)18(24)23-12-19(13-23)10-15(6-8-22(19)2)11-25-17-5-3-4-7-20-17;2*3-2(4,5)1(6)7/h3-5,7,9,15H,6,8,10-13H2,1-2H3;2*(H,6,7). The van der Waals surface area contributed by atoms with Gasteiger partial charge in [-0.1, -0.05) is 11.2 Å². The zero-order valence-corrected chi connectivity index (χ0v) is 21.2. The van der Waals surface area contributed by atoms with Gasteiger partial charge in [0.25, 0.3) is 5.91 Å². The number of aryl methyl sites for hydroxylation is 1. The third-order valence-corrected chi connectivity index (χ3v) is 6.05. The highest BCUT2D eigenvalue weighted by atomic mass is 19.4. The molecule has 2 fully saturated rings. The second kappa shape index (κ2) is 13.0. The Morgan fingerprint density at radius 3 is 2.12 bits per heavy atom. The summed E-state index contributed by atoms with van der Waals surface area (Å²) in [4.78, 5) is 38.8. The minimum absolute atomic E-state index is 0.0465. The molecule has 2 aliphatic rings. The molecule has 0 radical (unpaired) electrons. The van der Waals surface area contributed by atoms with Crippen molar-refractivity contribution < 1.29 is 60.2 Å². The molecular formula is C23H26F6N4O7. The molecule has 2 aromatic rings. The average molecular weight is 584 g/mol. The molecule has 0 bridgehead atoms. The number of carboxylic acids is 2. The number of likely N-dealkylation sites (tertiary alicyclic amines) is 2. The Hall–Kier alpha value is -3.89. The second-order valence-corrected chi connectivity index (χ2v) is 9.07. The van der Waals surface area contributed by atoms with E-state index in [9.17, 15) is 31.1 Å². The molecule has 17 heteroatoms. The first kappa shape index (κ1) is 32.3. The van der Waals surface area contributed by atoms with Crippen molar-refractivity contribution in [2.75, 3.05) is 33.3 Å². The number of carbonyl (C=O) groups is 3. The van der Waals surface area contributed by atoms with Crippen LogP contribution in [0.3, 0.4) is 0 Å². The topological polar surface area (TPSA) is 146 Å². The van der Waals surface area contributed by atoms with Crippen molar-refractivity contribution in [3.05, 3.63) is 41.9 Å². The molecule has 4 heterocycles. The summed E-state index contributed by atoms with van der Waals surface area (Å²) in [5.41, 5.74) is 0.441. The maximum Gasteiger partial charge on any atom is 0.490 e. The fourth-order valence-electron chi connectivity index (χ4n) is 3.99. The number of aromatic nitrogens is 2. The lowest BCUT2D eigenvalue weighted by Crippen LogP contribution is -2.72. The van der Waals surface area contributed by atoms with E-state index in [1.54, 1.807) is 19.2 Å². The van der Waals surface area contributed by atoms with Gasteiger partial charge >= 0.3 is 24.3 Å². The molecule has 1 unspecified atom stereocenters. The molecule has 222 valence electrons. The highest BCUT2D eigenvalue weighted by Crippen LogP contribution is 2.39. The van der Waals surface area contributed by atoms with Gasteiger partial charge in [-0.25, -0.2) is 14.6 Å². The van der Waals surface area contributed by atoms with Crippen LogP contribution in [0.15, 0.2) is 35.0 Å². The normalized spacial score (nSPS) is 18.4. The number of hydrogen-bond acceptors (Lipinski definition) is 8. The summed E-state index contributed by atoms with van der Waals surface area (Å²) < 4.78 is 74.4. The summed E-state index contributed by atoms with van der Waals surface area (Å²) in [5.74, 6) is -3.76. The van der Waals surface area contributed by atoms with Crippen LogP contribution in [0.5, 0.6) is 5.88 Å². The Labute approximate surface area is 223 Å². The van der Waals surface area contributed by atoms with Crippen molar-refractivity contribution in [3.63, 3.8) is 0 Å². The zero-order valence-electron chi connectivity index (χ0n) is 21.2. The molecule has 40 heavy (non-hydrogen) atoms. The predicted octanol–water partition coefficient (Wildman–Crippen LogP) is 3.26. The molecule has 0 saturated carbocycles. The van der Waals surface area contributed by atoms with E-state index >= 15 is 0 Å². The van der Waals surface area contributed by atoms with Gasteiger partial charge < -0.3 is 24.4 Å². The maximum atomic E-state index is 12.5. The largest absolute Gasteiger partial charge is 0.490 e. The molecule has 2 aliphatic heterocycles. The van der Waals surface area contributed by atoms with Crippen molar-refractivity contribution >= 4 is 17.8 Å². The van der Waals surface area contributed by atoms with Gasteiger partial charge in [0.1, 0.15) is 5.76 Å². The van der Waals surface area contributed by atoms with Crippen LogP contribution in [0.1, 0.15) is 29.1 Å². The van der Waals surface area contributed by atoms with E-state index < -0.39 is 24.3 Å². The fourth-order valence-corrected chi connectivity index (χ4v) is 3.99. The van der Waals surface area contributed by atoms with Crippen LogP contribution in [-0.2, 0) is 9.59 Å². The smallest absolute Gasteiger partial charge is 0.477 e. The first-order valence-corrected chi connectivity index (χ1v) is 11.5. The third kappa shape index (κ3) is 9.10. The Kier molecular flexibility index (Phi) is 10.5. The molecule has 2 saturated heterocycles. The quantitative estimate of drug-likeness (QED) is 0.514. The molecule has 0 aliphatic carbocycles. The first-order chi connectivity index (χ1) is 18.4. The summed E-state index contributed by atoms with van der Waals surface area (Å²) in [6.45, 7) is 4.94. The number of carbonyl (C=O) groups excluding carboxylic acids is 1. The van der Waals surface area contributed by atoms with Crippen LogP contribution in [-0.4, -0.2) is 99.2 Å². The number of carboxylic acid groups (broad SMARTS) is 2. The van der Waals surface area contributed by atoms with E-state index in [2.05, 4.69) is 22.1 Å². The molecular weight excluding hydrogens is 558 g/mol. The molecule has 1 atom stereocenters. The number of likely N-dealkylation sites (N-methyl/N-ethyl adjacent to an activating group) is 1. The molecule has 0 aromatic carbocycles. The second-order valence-electron chi connectivity index (χ2n) is 9.07. The third-order valence-electron chi connectivity index (χ3n) is 6.05. The number of aliphatic carboxylic acids is 2. The molecule has 2 aromatic heterocycles. The molecule has 11 nitrogen and oxygen atoms in total. The number of nitrogens with zero attached hydrogens (tertiary/aromatic N) is 4. The lowest BCUT2D eigenvalue weighted by molar-refractivity contribution is -0.193. The first-order valence-electron chi connectivity index (χ1n) is 11.5. The SMILES string of the molecule is Cc1cc(C(=O)N2CC3(CC(COc4ccccn4)CCN3C)C2)no1.O=C(O)C(F)(F)F.O=C(O)C(F)(F)F. The Balaban J connectivity index is 0.000000333. The highest BCUT2D eigenvalue weighted by molar-refractivity contribution is 5.93. The van der Waals surface area contributed by atoms with Crippen LogP contribution in [0.4, 0.5) is 26.3 Å². The minimum atomic E-state index is -5.08. The van der Waals surface area contributed by atoms with Gasteiger partial charge in [0.05, 0.1) is 12.1 Å². The number of hydrogen-bond donors (Lipinski definition) is 2. The predicted molar refractivity (Wildman–Crippen MR) is 122 cm³/mol. The highest BCUT2D eigenvalue weighted by Gasteiger charge is 2.51. The van der Waals surface area contributed by atoms with E-state index in [-0.39, 0.29) is 11.4 Å². The summed E-state index contributed by atoms with van der Waals surface area (Å²) in [6, 6.07) is 7.39. The number of pyridine rings is 1. The van der Waals surface area contributed by atoms with Crippen molar-refractivity contribution in [2.24, 2.45) is 5.92 Å². The lowest BCUT2D eigenvalue weighted by Gasteiger charge is -2.58. The lowest BCUT2D eigenvalue weighted by atomic mass is 9.75. The van der Waals surface area contributed by atoms with Gasteiger partial charge in [-0.3, -0.25) is 9.69 Å². The van der Waals surface area contributed by atoms with Gasteiger partial charge in [-0.05, 0) is 45.3 Å². The number of piperidine rings is 1. The van der Waals surface area contributed by atoms with E-state index in [4.69, 9.17) is 29.1 Å². The van der Waals surface area contributed by atoms with Gasteiger partial charge in [0, 0.05) is 31.4 Å². The van der Waals surface area contributed by atoms with Crippen LogP contribution in [0, 0.1) is 12.8 Å². The van der Waals surface area contributed by atoms with Crippen molar-refractivity contribution in [1.82, 2.24) is 19.9 Å². The summed E-state index contributed by atoms with van der Waals surface area (Å²) in [6.07, 6.45) is -6.30. The van der Waals surface area contributed by atoms with Crippen LogP contribution < -0.4 is 4.74 Å². The number of alkyl halides is 6. The molecule has 1 spiro atoms. The monoisotopic (exact) mass is 584 g/mol.